The van der Waals surface area contributed by atoms with Gasteiger partial charge >= 0.3 is 5.69 Å². The van der Waals surface area contributed by atoms with Gasteiger partial charge in [-0.1, -0.05) is 19.9 Å². The van der Waals surface area contributed by atoms with Crippen molar-refractivity contribution in [2.24, 2.45) is 18.4 Å². The normalized spacial score (nSPS) is 22.5. The second-order valence-electron chi connectivity index (χ2n) is 15.3. The van der Waals surface area contributed by atoms with Gasteiger partial charge in [-0.25, -0.2) is 13.6 Å². The number of aryl methyl sites for hydroxylation is 1. The maximum Gasteiger partial charge on any atom is 0.329 e. The van der Waals surface area contributed by atoms with Crippen LogP contribution in [0.1, 0.15) is 73.4 Å². The molecule has 3 aliphatic heterocycles. The highest BCUT2D eigenvalue weighted by Gasteiger charge is 2.51. The number of piperidine rings is 2. The van der Waals surface area contributed by atoms with E-state index in [9.17, 15) is 28.0 Å². The average molecular weight is 705 g/mol. The number of hydrogen-bond acceptors (Lipinski definition) is 8. The molecule has 16 heteroatoms. The summed E-state index contributed by atoms with van der Waals surface area (Å²) in [7, 11) is 1.73. The van der Waals surface area contributed by atoms with Crippen LogP contribution in [-0.2, 0) is 29.5 Å². The predicted molar refractivity (Wildman–Crippen MR) is 184 cm³/mol. The number of amides is 3. The lowest BCUT2D eigenvalue weighted by Gasteiger charge is -2.43. The van der Waals surface area contributed by atoms with Crippen LogP contribution in [0.15, 0.2) is 35.4 Å². The van der Waals surface area contributed by atoms with E-state index in [1.165, 1.54) is 18.4 Å². The number of aromatic amines is 1. The van der Waals surface area contributed by atoms with Crippen LogP contribution in [0, 0.1) is 11.3 Å². The first-order valence-electron chi connectivity index (χ1n) is 17.6. The third-order valence-electron chi connectivity index (χ3n) is 11.4. The Morgan fingerprint density at radius 1 is 1.08 bits per heavy atom. The summed E-state index contributed by atoms with van der Waals surface area (Å²) >= 11 is 0. The summed E-state index contributed by atoms with van der Waals surface area (Å²) in [6.45, 7) is 7.38. The number of imide groups is 1. The molecule has 3 saturated heterocycles. The van der Waals surface area contributed by atoms with Crippen LogP contribution in [0.4, 0.5) is 20.2 Å². The minimum absolute atomic E-state index is 0.000138. The molecule has 6 heterocycles. The van der Waals surface area contributed by atoms with Crippen molar-refractivity contribution in [2.45, 2.75) is 70.4 Å². The second-order valence-corrected chi connectivity index (χ2v) is 15.3. The van der Waals surface area contributed by atoms with E-state index < -0.39 is 35.6 Å². The van der Waals surface area contributed by atoms with Crippen LogP contribution in [0.5, 0.6) is 0 Å². The summed E-state index contributed by atoms with van der Waals surface area (Å²) in [5.41, 5.74) is 2.31. The minimum Gasteiger partial charge on any atom is -0.370 e. The number of nitrogens with one attached hydrogen (secondary N) is 3. The number of halogens is 2. The van der Waals surface area contributed by atoms with Crippen molar-refractivity contribution in [1.82, 2.24) is 39.3 Å². The summed E-state index contributed by atoms with van der Waals surface area (Å²) < 4.78 is 34.5. The quantitative estimate of drug-likeness (QED) is 0.248. The van der Waals surface area contributed by atoms with Gasteiger partial charge in [0.15, 0.2) is 5.69 Å². The monoisotopic (exact) mass is 704 g/mol. The van der Waals surface area contributed by atoms with Gasteiger partial charge in [0.2, 0.25) is 11.8 Å². The Balaban J connectivity index is 0.849. The lowest BCUT2D eigenvalue weighted by Crippen LogP contribution is -2.50. The molecule has 3 aromatic heterocycles. The standard InChI is InChI=1S/C35H42F2N10O4/c1-34(2)14-24-23(13-35(34,36)37)29(42-41-24)32(50)39-21-15-38-46(17-21)22-18-44(19-22)16-20-9-11-45(12-10-20)25-5-4-6-26-30(25)43(3)33(51)47(26)27-7-8-28(48)40-31(27)49/h4-6,15,17,20,22,27H,7-14,16,18-19H2,1-3H3,(H,39,50)(H,41,42)(H,40,48,49). The predicted octanol–water partition coefficient (Wildman–Crippen LogP) is 3.02. The van der Waals surface area contributed by atoms with Gasteiger partial charge in [-0.15, -0.1) is 0 Å². The van der Waals surface area contributed by atoms with E-state index in [-0.39, 0.29) is 41.7 Å². The topological polar surface area (TPSA) is 155 Å². The molecule has 3 N–H and O–H groups in total. The van der Waals surface area contributed by atoms with Gasteiger partial charge in [0.25, 0.3) is 11.8 Å². The number of hydrogen-bond donors (Lipinski definition) is 3. The molecule has 8 rings (SSSR count). The molecule has 1 aliphatic carbocycles. The Bertz CT molecular complexity index is 2100. The molecule has 51 heavy (non-hydrogen) atoms. The molecule has 14 nitrogen and oxygen atoms in total. The number of benzene rings is 1. The van der Waals surface area contributed by atoms with Gasteiger partial charge in [-0.2, -0.15) is 10.2 Å². The number of imidazole rings is 1. The van der Waals surface area contributed by atoms with Gasteiger partial charge in [0.05, 0.1) is 34.6 Å². The lowest BCUT2D eigenvalue weighted by atomic mass is 9.73. The molecule has 0 spiro atoms. The van der Waals surface area contributed by atoms with E-state index in [1.54, 1.807) is 24.0 Å². The summed E-state index contributed by atoms with van der Waals surface area (Å²) in [6, 6.07) is 5.26. The van der Waals surface area contributed by atoms with Crippen molar-refractivity contribution in [3.05, 3.63) is 58.0 Å². The highest BCUT2D eigenvalue weighted by Crippen LogP contribution is 2.46. The molecule has 1 atom stereocenters. The Morgan fingerprint density at radius 2 is 1.84 bits per heavy atom. The number of fused-ring (bicyclic) bond motifs is 2. The number of carbonyl (C=O) groups excluding carboxylic acids is 3. The van der Waals surface area contributed by atoms with E-state index in [2.05, 4.69) is 35.7 Å². The first-order chi connectivity index (χ1) is 24.3. The highest BCUT2D eigenvalue weighted by atomic mass is 19.3. The molecular formula is C35H42F2N10O4. The number of likely N-dealkylation sites (tertiary alicyclic amines) is 1. The number of aromatic nitrogens is 6. The first-order valence-corrected chi connectivity index (χ1v) is 17.6. The Kier molecular flexibility index (Phi) is 7.92. The van der Waals surface area contributed by atoms with Crippen molar-refractivity contribution >= 4 is 40.1 Å². The van der Waals surface area contributed by atoms with Crippen LogP contribution >= 0.6 is 0 Å². The zero-order valence-corrected chi connectivity index (χ0v) is 28.9. The van der Waals surface area contributed by atoms with Crippen molar-refractivity contribution in [1.29, 1.82) is 0 Å². The van der Waals surface area contributed by atoms with Crippen molar-refractivity contribution in [2.75, 3.05) is 42.9 Å². The summed E-state index contributed by atoms with van der Waals surface area (Å²) in [4.78, 5) is 55.5. The molecular weight excluding hydrogens is 662 g/mol. The third kappa shape index (κ3) is 5.72. The molecule has 4 aliphatic rings. The fraction of sp³-hybridized carbons (Fsp3) is 0.543. The number of H-pyrrole nitrogens is 1. The van der Waals surface area contributed by atoms with Gasteiger partial charge in [-0.3, -0.25) is 43.5 Å². The molecule has 1 aromatic carbocycles. The van der Waals surface area contributed by atoms with Gasteiger partial charge in [-0.05, 0) is 37.3 Å². The highest BCUT2D eigenvalue weighted by molar-refractivity contribution is 6.04. The maximum atomic E-state index is 14.7. The SMILES string of the molecule is Cn1c(=O)n(C2CCC(=O)NC2=O)c2cccc(N3CCC(CN4CC(n5cc(NC(=O)c6n[nH]c7c6CC(F)(F)C(C)(C)C7)cn5)C4)CC3)c21. The van der Waals surface area contributed by atoms with Crippen molar-refractivity contribution < 1.29 is 23.2 Å². The number of anilines is 2. The molecule has 0 bridgehead atoms. The largest absolute Gasteiger partial charge is 0.370 e. The lowest BCUT2D eigenvalue weighted by molar-refractivity contribution is -0.135. The third-order valence-corrected chi connectivity index (χ3v) is 11.4. The molecule has 3 amide bonds. The van der Waals surface area contributed by atoms with Gasteiger partial charge in [0, 0.05) is 81.9 Å². The van der Waals surface area contributed by atoms with Crippen LogP contribution in [0.2, 0.25) is 0 Å². The average Bonchev–Trinajstić information content (AvgIpc) is 3.75. The summed E-state index contributed by atoms with van der Waals surface area (Å²) in [6.07, 6.45) is 5.43. The smallest absolute Gasteiger partial charge is 0.329 e. The molecule has 270 valence electrons. The second kappa shape index (κ2) is 12.1. The minimum atomic E-state index is -2.94. The van der Waals surface area contributed by atoms with Crippen molar-refractivity contribution in [3.63, 3.8) is 0 Å². The number of carbonyl (C=O) groups is 3. The van der Waals surface area contributed by atoms with E-state index in [0.29, 0.717) is 29.2 Å². The Hall–Kier alpha value is -4.86. The van der Waals surface area contributed by atoms with Crippen LogP contribution in [0.3, 0.4) is 0 Å². The van der Waals surface area contributed by atoms with Crippen molar-refractivity contribution in [3.8, 4) is 0 Å². The van der Waals surface area contributed by atoms with E-state index >= 15 is 0 Å². The number of alkyl halides is 2. The van der Waals surface area contributed by atoms with E-state index in [0.717, 1.165) is 56.8 Å². The molecule has 3 fully saturated rings. The fourth-order valence-corrected chi connectivity index (χ4v) is 8.23. The first kappa shape index (κ1) is 33.3. The van der Waals surface area contributed by atoms with Gasteiger partial charge < -0.3 is 10.2 Å². The number of rotatable bonds is 7. The molecule has 1 unspecified atom stereocenters. The van der Waals surface area contributed by atoms with Crippen LogP contribution in [-0.4, -0.2) is 90.4 Å². The maximum absolute atomic E-state index is 14.7. The molecule has 0 saturated carbocycles. The summed E-state index contributed by atoms with van der Waals surface area (Å²) in [5, 5.41) is 16.5. The van der Waals surface area contributed by atoms with E-state index in [4.69, 9.17) is 0 Å². The summed E-state index contributed by atoms with van der Waals surface area (Å²) in [5.74, 6) is -3.71. The fourth-order valence-electron chi connectivity index (χ4n) is 8.23. The molecule has 0 radical (unpaired) electrons. The van der Waals surface area contributed by atoms with Crippen LogP contribution in [0.25, 0.3) is 11.0 Å². The number of nitrogens with zero attached hydrogens (tertiary/aromatic N) is 7. The molecule has 4 aromatic rings. The Labute approximate surface area is 292 Å². The van der Waals surface area contributed by atoms with E-state index in [1.807, 2.05) is 22.9 Å². The number of para-hydroxylation sites is 1. The zero-order chi connectivity index (χ0) is 35.8. The zero-order valence-electron chi connectivity index (χ0n) is 28.9. The van der Waals surface area contributed by atoms with Gasteiger partial charge in [0.1, 0.15) is 6.04 Å². The Morgan fingerprint density at radius 3 is 2.59 bits per heavy atom. The van der Waals surface area contributed by atoms with Crippen LogP contribution < -0.4 is 21.2 Å².